The number of carbonyl (C=O) groups is 1. The van der Waals surface area contributed by atoms with Gasteiger partial charge in [-0.1, -0.05) is 24.6 Å². The van der Waals surface area contributed by atoms with Crippen LogP contribution in [-0.2, 0) is 11.3 Å². The van der Waals surface area contributed by atoms with Gasteiger partial charge < -0.3 is 0 Å². The molecule has 0 unspecified atom stereocenters. The van der Waals surface area contributed by atoms with Crippen LogP contribution in [0, 0.1) is 5.92 Å². The lowest BCUT2D eigenvalue weighted by Crippen LogP contribution is -2.23. The SMILES string of the molecule is O=C(Nc1nnc2n1CCCS2)C1CCCC1. The first-order valence-electron chi connectivity index (χ1n) is 6.21. The Balaban J connectivity index is 1.72. The van der Waals surface area contributed by atoms with Crippen molar-refractivity contribution in [3.05, 3.63) is 0 Å². The molecule has 1 aliphatic carbocycles. The molecule has 1 N–H and O–H groups in total. The summed E-state index contributed by atoms with van der Waals surface area (Å²) in [5.74, 6) is 2.02. The van der Waals surface area contributed by atoms with E-state index in [1.54, 1.807) is 11.8 Å². The molecule has 2 aliphatic rings. The molecule has 0 bridgehead atoms. The molecule has 2 heterocycles. The zero-order valence-corrected chi connectivity index (χ0v) is 10.5. The molecule has 1 aromatic heterocycles. The van der Waals surface area contributed by atoms with Gasteiger partial charge in [0.15, 0.2) is 5.16 Å². The van der Waals surface area contributed by atoms with Crippen molar-refractivity contribution in [2.45, 2.75) is 43.8 Å². The maximum Gasteiger partial charge on any atom is 0.231 e. The van der Waals surface area contributed by atoms with Crippen LogP contribution in [0.25, 0.3) is 0 Å². The largest absolute Gasteiger partial charge is 0.294 e. The molecule has 1 fully saturated rings. The number of rotatable bonds is 2. The number of thioether (sulfide) groups is 1. The van der Waals surface area contributed by atoms with Crippen molar-refractivity contribution in [2.24, 2.45) is 5.92 Å². The minimum atomic E-state index is 0.119. The van der Waals surface area contributed by atoms with E-state index in [0.717, 1.165) is 36.7 Å². The first kappa shape index (κ1) is 11.1. The fourth-order valence-electron chi connectivity index (χ4n) is 2.48. The third kappa shape index (κ3) is 2.18. The van der Waals surface area contributed by atoms with E-state index in [4.69, 9.17) is 0 Å². The third-order valence-corrected chi connectivity index (χ3v) is 4.49. The van der Waals surface area contributed by atoms with Crippen LogP contribution >= 0.6 is 11.8 Å². The summed E-state index contributed by atoms with van der Waals surface area (Å²) in [6.45, 7) is 0.912. The maximum atomic E-state index is 12.0. The average molecular weight is 252 g/mol. The Morgan fingerprint density at radius 1 is 1.29 bits per heavy atom. The summed E-state index contributed by atoms with van der Waals surface area (Å²) in [6.07, 6.45) is 5.49. The van der Waals surface area contributed by atoms with Crippen LogP contribution < -0.4 is 5.32 Å². The molecular weight excluding hydrogens is 236 g/mol. The number of nitrogens with one attached hydrogen (secondary N) is 1. The summed E-state index contributed by atoms with van der Waals surface area (Å²) in [7, 11) is 0. The van der Waals surface area contributed by atoms with Crippen LogP contribution in [-0.4, -0.2) is 26.4 Å². The van der Waals surface area contributed by atoms with Crippen LogP contribution in [0.3, 0.4) is 0 Å². The van der Waals surface area contributed by atoms with Crippen LogP contribution in [0.2, 0.25) is 0 Å². The monoisotopic (exact) mass is 252 g/mol. The molecule has 1 saturated carbocycles. The topological polar surface area (TPSA) is 59.8 Å². The highest BCUT2D eigenvalue weighted by Gasteiger charge is 2.25. The standard InChI is InChI=1S/C11H16N4OS/c16-9(8-4-1-2-5-8)12-10-13-14-11-15(10)6-3-7-17-11/h8H,1-7H2,(H,12,13,16). The molecule has 0 spiro atoms. The quantitative estimate of drug-likeness (QED) is 0.873. The molecule has 6 heteroatoms. The van der Waals surface area contributed by atoms with Gasteiger partial charge in [-0.15, -0.1) is 10.2 Å². The fourth-order valence-corrected chi connectivity index (χ4v) is 3.36. The Labute approximate surface area is 104 Å². The minimum Gasteiger partial charge on any atom is -0.294 e. The van der Waals surface area contributed by atoms with E-state index in [-0.39, 0.29) is 11.8 Å². The van der Waals surface area contributed by atoms with Crippen molar-refractivity contribution in [3.8, 4) is 0 Å². The van der Waals surface area contributed by atoms with E-state index in [1.807, 2.05) is 4.57 Å². The predicted octanol–water partition coefficient (Wildman–Crippen LogP) is 1.90. The predicted molar refractivity (Wildman–Crippen MR) is 66.0 cm³/mol. The molecule has 1 amide bonds. The van der Waals surface area contributed by atoms with Crippen molar-refractivity contribution in [1.82, 2.24) is 14.8 Å². The number of nitrogens with zero attached hydrogens (tertiary/aromatic N) is 3. The van der Waals surface area contributed by atoms with Crippen molar-refractivity contribution in [2.75, 3.05) is 11.1 Å². The Morgan fingerprint density at radius 2 is 2.12 bits per heavy atom. The lowest BCUT2D eigenvalue weighted by Gasteiger charge is -2.15. The van der Waals surface area contributed by atoms with E-state index >= 15 is 0 Å². The molecule has 0 radical (unpaired) electrons. The van der Waals surface area contributed by atoms with Gasteiger partial charge in [0, 0.05) is 18.2 Å². The van der Waals surface area contributed by atoms with Gasteiger partial charge in [-0.05, 0) is 19.3 Å². The summed E-state index contributed by atoms with van der Waals surface area (Å²) in [5.41, 5.74) is 0. The molecule has 17 heavy (non-hydrogen) atoms. The summed E-state index contributed by atoms with van der Waals surface area (Å²) in [4.78, 5) is 12.0. The smallest absolute Gasteiger partial charge is 0.231 e. The van der Waals surface area contributed by atoms with Crippen molar-refractivity contribution in [1.29, 1.82) is 0 Å². The number of carbonyl (C=O) groups excluding carboxylic acids is 1. The van der Waals surface area contributed by atoms with Gasteiger partial charge in [0.2, 0.25) is 11.9 Å². The van der Waals surface area contributed by atoms with E-state index in [1.165, 1.54) is 12.8 Å². The Bertz CT molecular complexity index is 425. The second-order valence-electron chi connectivity index (χ2n) is 4.63. The maximum absolute atomic E-state index is 12.0. The normalized spacial score (nSPS) is 20.2. The highest BCUT2D eigenvalue weighted by atomic mass is 32.2. The van der Waals surface area contributed by atoms with Crippen molar-refractivity contribution in [3.63, 3.8) is 0 Å². The first-order valence-corrected chi connectivity index (χ1v) is 7.20. The fraction of sp³-hybridized carbons (Fsp3) is 0.727. The van der Waals surface area contributed by atoms with Gasteiger partial charge >= 0.3 is 0 Å². The van der Waals surface area contributed by atoms with Crippen molar-refractivity contribution >= 4 is 23.6 Å². The molecule has 5 nitrogen and oxygen atoms in total. The van der Waals surface area contributed by atoms with Gasteiger partial charge in [-0.2, -0.15) is 0 Å². The number of amides is 1. The highest BCUT2D eigenvalue weighted by molar-refractivity contribution is 7.99. The molecular formula is C11H16N4OS. The van der Waals surface area contributed by atoms with Crippen molar-refractivity contribution < 1.29 is 4.79 Å². The summed E-state index contributed by atoms with van der Waals surface area (Å²) < 4.78 is 2.01. The zero-order chi connectivity index (χ0) is 11.7. The average Bonchev–Trinajstić information content (AvgIpc) is 2.98. The summed E-state index contributed by atoms with van der Waals surface area (Å²) >= 11 is 1.71. The van der Waals surface area contributed by atoms with E-state index in [2.05, 4.69) is 15.5 Å². The van der Waals surface area contributed by atoms with Crippen LogP contribution in [0.5, 0.6) is 0 Å². The number of aromatic nitrogens is 3. The Hall–Kier alpha value is -1.04. The number of hydrogen-bond donors (Lipinski definition) is 1. The van der Waals surface area contributed by atoms with Gasteiger partial charge in [-0.25, -0.2) is 0 Å². The zero-order valence-electron chi connectivity index (χ0n) is 9.69. The van der Waals surface area contributed by atoms with Crippen LogP contribution in [0.15, 0.2) is 5.16 Å². The van der Waals surface area contributed by atoms with Gasteiger partial charge in [0.05, 0.1) is 0 Å². The van der Waals surface area contributed by atoms with Gasteiger partial charge in [0.1, 0.15) is 0 Å². The second kappa shape index (κ2) is 4.68. The highest BCUT2D eigenvalue weighted by Crippen LogP contribution is 2.28. The van der Waals surface area contributed by atoms with E-state index in [9.17, 15) is 4.79 Å². The molecule has 1 aromatic rings. The molecule has 92 valence electrons. The lowest BCUT2D eigenvalue weighted by molar-refractivity contribution is -0.119. The first-order chi connectivity index (χ1) is 8.34. The lowest BCUT2D eigenvalue weighted by atomic mass is 10.1. The molecule has 0 saturated heterocycles. The molecule has 1 aliphatic heterocycles. The third-order valence-electron chi connectivity index (χ3n) is 3.44. The number of anilines is 1. The Morgan fingerprint density at radius 3 is 2.94 bits per heavy atom. The summed E-state index contributed by atoms with van der Waals surface area (Å²) in [5, 5.41) is 12.0. The van der Waals surface area contributed by atoms with E-state index < -0.39 is 0 Å². The summed E-state index contributed by atoms with van der Waals surface area (Å²) in [6, 6.07) is 0. The van der Waals surface area contributed by atoms with Gasteiger partial charge in [-0.3, -0.25) is 14.7 Å². The van der Waals surface area contributed by atoms with E-state index in [0.29, 0.717) is 5.95 Å². The second-order valence-corrected chi connectivity index (χ2v) is 5.69. The van der Waals surface area contributed by atoms with Gasteiger partial charge in [0.25, 0.3) is 0 Å². The number of hydrogen-bond acceptors (Lipinski definition) is 4. The molecule has 0 atom stereocenters. The minimum absolute atomic E-state index is 0.119. The molecule has 0 aromatic carbocycles. The van der Waals surface area contributed by atoms with Crippen LogP contribution in [0.1, 0.15) is 32.1 Å². The Kier molecular flexibility index (Phi) is 3.05. The van der Waals surface area contributed by atoms with Crippen LogP contribution in [0.4, 0.5) is 5.95 Å². The number of fused-ring (bicyclic) bond motifs is 1. The molecule has 3 rings (SSSR count).